The van der Waals surface area contributed by atoms with Gasteiger partial charge in [-0.2, -0.15) is 5.10 Å². The van der Waals surface area contributed by atoms with E-state index in [0.717, 1.165) is 18.3 Å². The Morgan fingerprint density at radius 2 is 2.00 bits per heavy atom. The van der Waals surface area contributed by atoms with Crippen molar-refractivity contribution >= 4 is 18.2 Å². The number of nitrogens with one attached hydrogen (secondary N) is 1. The van der Waals surface area contributed by atoms with Crippen molar-refractivity contribution in [2.45, 2.75) is 33.9 Å². The molecular weight excluding hydrogens is 296 g/mol. The first-order valence-corrected chi connectivity index (χ1v) is 6.68. The molecule has 0 unspecified atom stereocenters. The number of anilines is 1. The third kappa shape index (κ3) is 4.43. The van der Waals surface area contributed by atoms with E-state index in [1.165, 1.54) is 6.07 Å². The molecule has 0 spiro atoms. The molecular formula is C15H20ClF2N3. The normalized spacial score (nSPS) is 10.6. The summed E-state index contributed by atoms with van der Waals surface area (Å²) in [7, 11) is 0. The van der Waals surface area contributed by atoms with Gasteiger partial charge in [-0.05, 0) is 18.9 Å². The molecule has 1 N–H and O–H groups in total. The van der Waals surface area contributed by atoms with Crippen LogP contribution in [0.5, 0.6) is 0 Å². The highest BCUT2D eigenvalue weighted by molar-refractivity contribution is 5.85. The molecule has 0 aliphatic carbocycles. The monoisotopic (exact) mass is 315 g/mol. The number of aryl methyl sites for hydroxylation is 1. The Morgan fingerprint density at radius 1 is 1.29 bits per heavy atom. The molecule has 2 aromatic rings. The summed E-state index contributed by atoms with van der Waals surface area (Å²) in [4.78, 5) is 0. The molecule has 0 atom stereocenters. The molecule has 0 radical (unpaired) electrons. The van der Waals surface area contributed by atoms with Crippen LogP contribution in [-0.4, -0.2) is 9.78 Å². The smallest absolute Gasteiger partial charge is 0.163 e. The van der Waals surface area contributed by atoms with E-state index in [4.69, 9.17) is 0 Å². The van der Waals surface area contributed by atoms with Gasteiger partial charge in [0.15, 0.2) is 11.6 Å². The lowest BCUT2D eigenvalue weighted by Crippen LogP contribution is -2.08. The zero-order chi connectivity index (χ0) is 14.7. The summed E-state index contributed by atoms with van der Waals surface area (Å²) in [6.07, 6.45) is 0. The highest BCUT2D eigenvalue weighted by Gasteiger charge is 2.09. The number of benzene rings is 1. The lowest BCUT2D eigenvalue weighted by Gasteiger charge is -2.07. The van der Waals surface area contributed by atoms with E-state index in [1.54, 1.807) is 6.07 Å². The zero-order valence-electron chi connectivity index (χ0n) is 12.4. The van der Waals surface area contributed by atoms with E-state index >= 15 is 0 Å². The van der Waals surface area contributed by atoms with Crippen molar-refractivity contribution in [1.29, 1.82) is 0 Å². The van der Waals surface area contributed by atoms with Gasteiger partial charge in [0.2, 0.25) is 0 Å². The third-order valence-electron chi connectivity index (χ3n) is 3.01. The van der Waals surface area contributed by atoms with Gasteiger partial charge in [0.1, 0.15) is 5.82 Å². The van der Waals surface area contributed by atoms with Crippen molar-refractivity contribution in [3.63, 3.8) is 0 Å². The molecule has 1 aromatic heterocycles. The second-order valence-electron chi connectivity index (χ2n) is 5.31. The Balaban J connectivity index is 0.00000220. The Kier molecular flexibility index (Phi) is 6.15. The van der Waals surface area contributed by atoms with Gasteiger partial charge < -0.3 is 5.32 Å². The predicted octanol–water partition coefficient (Wildman–Crippen LogP) is 4.16. The summed E-state index contributed by atoms with van der Waals surface area (Å²) in [6.45, 7) is 7.26. The minimum atomic E-state index is -0.828. The van der Waals surface area contributed by atoms with Crippen LogP contribution in [0, 0.1) is 24.5 Å². The highest BCUT2D eigenvalue weighted by Crippen LogP contribution is 2.15. The summed E-state index contributed by atoms with van der Waals surface area (Å²) in [5, 5.41) is 7.43. The third-order valence-corrected chi connectivity index (χ3v) is 3.01. The molecule has 0 aliphatic heterocycles. The SMILES string of the molecule is Cc1cc(NCc2cccc(F)c2F)nn1CC(C)C.Cl. The number of hydrogen-bond acceptors (Lipinski definition) is 2. The number of halogens is 3. The Hall–Kier alpha value is -1.62. The second kappa shape index (κ2) is 7.41. The van der Waals surface area contributed by atoms with Crippen molar-refractivity contribution in [3.8, 4) is 0 Å². The lowest BCUT2D eigenvalue weighted by molar-refractivity contribution is 0.475. The first-order valence-electron chi connectivity index (χ1n) is 6.68. The van der Waals surface area contributed by atoms with Crippen molar-refractivity contribution in [3.05, 3.63) is 47.2 Å². The number of aromatic nitrogens is 2. The van der Waals surface area contributed by atoms with Gasteiger partial charge in [-0.15, -0.1) is 12.4 Å². The Bertz CT molecular complexity index is 597. The fraction of sp³-hybridized carbons (Fsp3) is 0.400. The largest absolute Gasteiger partial charge is 0.364 e. The standard InChI is InChI=1S/C15H19F2N3.ClH/c1-10(2)9-20-11(3)7-14(19-20)18-8-12-5-4-6-13(16)15(12)17;/h4-7,10H,8-9H2,1-3H3,(H,18,19);1H. The van der Waals surface area contributed by atoms with E-state index in [-0.39, 0.29) is 19.0 Å². The van der Waals surface area contributed by atoms with E-state index < -0.39 is 11.6 Å². The molecule has 1 aromatic carbocycles. The van der Waals surface area contributed by atoms with Crippen LogP contribution in [0.2, 0.25) is 0 Å². The average molecular weight is 316 g/mol. The Labute approximate surface area is 129 Å². The van der Waals surface area contributed by atoms with E-state index in [2.05, 4.69) is 24.3 Å². The van der Waals surface area contributed by atoms with Crippen LogP contribution in [-0.2, 0) is 13.1 Å². The van der Waals surface area contributed by atoms with Crippen LogP contribution in [0.1, 0.15) is 25.1 Å². The summed E-state index contributed by atoms with van der Waals surface area (Å²) in [5.74, 6) is -0.460. The van der Waals surface area contributed by atoms with E-state index in [1.807, 2.05) is 17.7 Å². The van der Waals surface area contributed by atoms with Crippen LogP contribution < -0.4 is 5.32 Å². The van der Waals surface area contributed by atoms with Crippen molar-refractivity contribution < 1.29 is 8.78 Å². The molecule has 0 saturated heterocycles. The van der Waals surface area contributed by atoms with Gasteiger partial charge in [0.05, 0.1) is 0 Å². The predicted molar refractivity (Wildman–Crippen MR) is 82.7 cm³/mol. The van der Waals surface area contributed by atoms with Gasteiger partial charge in [-0.3, -0.25) is 4.68 Å². The summed E-state index contributed by atoms with van der Waals surface area (Å²) in [6, 6.07) is 6.07. The number of nitrogens with zero attached hydrogens (tertiary/aromatic N) is 2. The summed E-state index contributed by atoms with van der Waals surface area (Å²) < 4.78 is 28.5. The lowest BCUT2D eigenvalue weighted by atomic mass is 10.2. The maximum atomic E-state index is 13.5. The topological polar surface area (TPSA) is 29.9 Å². The molecule has 116 valence electrons. The maximum Gasteiger partial charge on any atom is 0.163 e. The number of rotatable bonds is 5. The van der Waals surface area contributed by atoms with Crippen molar-refractivity contribution in [1.82, 2.24) is 9.78 Å². The van der Waals surface area contributed by atoms with E-state index in [0.29, 0.717) is 17.3 Å². The van der Waals surface area contributed by atoms with Crippen molar-refractivity contribution in [2.24, 2.45) is 5.92 Å². The maximum absolute atomic E-state index is 13.5. The molecule has 21 heavy (non-hydrogen) atoms. The summed E-state index contributed by atoms with van der Waals surface area (Å²) >= 11 is 0. The van der Waals surface area contributed by atoms with Crippen LogP contribution in [0.4, 0.5) is 14.6 Å². The minimum Gasteiger partial charge on any atom is -0.364 e. The molecule has 0 amide bonds. The van der Waals surface area contributed by atoms with Gasteiger partial charge in [-0.1, -0.05) is 26.0 Å². The second-order valence-corrected chi connectivity index (χ2v) is 5.31. The van der Waals surface area contributed by atoms with E-state index in [9.17, 15) is 8.78 Å². The van der Waals surface area contributed by atoms with Crippen LogP contribution >= 0.6 is 12.4 Å². The number of hydrogen-bond donors (Lipinski definition) is 1. The molecule has 3 nitrogen and oxygen atoms in total. The van der Waals surface area contributed by atoms with Gasteiger partial charge in [0.25, 0.3) is 0 Å². The highest BCUT2D eigenvalue weighted by atomic mass is 35.5. The average Bonchev–Trinajstić information content (AvgIpc) is 2.71. The molecule has 2 rings (SSSR count). The first kappa shape index (κ1) is 17.4. The Morgan fingerprint density at radius 3 is 2.67 bits per heavy atom. The molecule has 0 aliphatic rings. The fourth-order valence-electron chi connectivity index (χ4n) is 2.00. The molecule has 0 fully saturated rings. The van der Waals surface area contributed by atoms with Crippen LogP contribution in [0.15, 0.2) is 24.3 Å². The molecule has 1 heterocycles. The minimum absolute atomic E-state index is 0. The molecule has 0 bridgehead atoms. The first-order chi connectivity index (χ1) is 9.47. The fourth-order valence-corrected chi connectivity index (χ4v) is 2.00. The van der Waals surface area contributed by atoms with Gasteiger partial charge >= 0.3 is 0 Å². The van der Waals surface area contributed by atoms with Crippen LogP contribution in [0.3, 0.4) is 0 Å². The zero-order valence-corrected chi connectivity index (χ0v) is 13.2. The van der Waals surface area contributed by atoms with Crippen LogP contribution in [0.25, 0.3) is 0 Å². The quantitative estimate of drug-likeness (QED) is 0.898. The van der Waals surface area contributed by atoms with Gasteiger partial charge in [-0.25, -0.2) is 8.78 Å². The van der Waals surface area contributed by atoms with Gasteiger partial charge in [0, 0.05) is 30.4 Å². The molecule has 0 saturated carbocycles. The van der Waals surface area contributed by atoms with Crippen molar-refractivity contribution in [2.75, 3.05) is 5.32 Å². The molecule has 6 heteroatoms. The summed E-state index contributed by atoms with van der Waals surface area (Å²) in [5.41, 5.74) is 1.34.